The summed E-state index contributed by atoms with van der Waals surface area (Å²) < 4.78 is 0. The van der Waals surface area contributed by atoms with Gasteiger partial charge in [0.2, 0.25) is 5.91 Å². The van der Waals surface area contributed by atoms with E-state index in [0.29, 0.717) is 13.1 Å². The molecule has 0 saturated carbocycles. The van der Waals surface area contributed by atoms with Crippen LogP contribution in [0.3, 0.4) is 0 Å². The van der Waals surface area contributed by atoms with E-state index in [-0.39, 0.29) is 18.4 Å². The SMILES string of the molecule is CC(CO)C(=O)NCCCN. The predicted molar refractivity (Wildman–Crippen MR) is 42.9 cm³/mol. The van der Waals surface area contributed by atoms with E-state index < -0.39 is 0 Å². The summed E-state index contributed by atoms with van der Waals surface area (Å²) in [5.41, 5.74) is 5.22. The maximum absolute atomic E-state index is 10.9. The van der Waals surface area contributed by atoms with E-state index in [4.69, 9.17) is 10.8 Å². The summed E-state index contributed by atoms with van der Waals surface area (Å²) in [6.45, 7) is 2.75. The number of aliphatic hydroxyl groups excluding tert-OH is 1. The van der Waals surface area contributed by atoms with Crippen LogP contribution in [-0.2, 0) is 4.79 Å². The Morgan fingerprint density at radius 3 is 2.82 bits per heavy atom. The topological polar surface area (TPSA) is 75.3 Å². The van der Waals surface area contributed by atoms with Crippen LogP contribution < -0.4 is 11.1 Å². The average Bonchev–Trinajstić information content (AvgIpc) is 2.03. The lowest BCUT2D eigenvalue weighted by Gasteiger charge is -2.07. The van der Waals surface area contributed by atoms with Crippen molar-refractivity contribution in [2.75, 3.05) is 19.7 Å². The molecule has 0 aliphatic heterocycles. The lowest BCUT2D eigenvalue weighted by molar-refractivity contribution is -0.125. The van der Waals surface area contributed by atoms with Crippen LogP contribution in [0, 0.1) is 5.92 Å². The van der Waals surface area contributed by atoms with Crippen LogP contribution >= 0.6 is 0 Å². The molecule has 1 amide bonds. The largest absolute Gasteiger partial charge is 0.396 e. The van der Waals surface area contributed by atoms with Crippen molar-refractivity contribution >= 4 is 5.91 Å². The molecule has 0 bridgehead atoms. The molecule has 0 radical (unpaired) electrons. The van der Waals surface area contributed by atoms with Gasteiger partial charge in [-0.25, -0.2) is 0 Å². The third-order valence-corrected chi connectivity index (χ3v) is 1.40. The monoisotopic (exact) mass is 160 g/mol. The molecule has 4 nitrogen and oxygen atoms in total. The highest BCUT2D eigenvalue weighted by molar-refractivity contribution is 5.78. The van der Waals surface area contributed by atoms with Gasteiger partial charge in [-0.2, -0.15) is 0 Å². The number of carbonyl (C=O) groups is 1. The van der Waals surface area contributed by atoms with Crippen LogP contribution in [0.1, 0.15) is 13.3 Å². The highest BCUT2D eigenvalue weighted by Gasteiger charge is 2.09. The second kappa shape index (κ2) is 6.12. The van der Waals surface area contributed by atoms with Gasteiger partial charge in [-0.3, -0.25) is 4.79 Å². The third kappa shape index (κ3) is 4.75. The number of hydrogen-bond acceptors (Lipinski definition) is 3. The highest BCUT2D eigenvalue weighted by atomic mass is 16.3. The van der Waals surface area contributed by atoms with Crippen molar-refractivity contribution in [3.63, 3.8) is 0 Å². The molecule has 0 rings (SSSR count). The minimum atomic E-state index is -0.312. The molecule has 0 aromatic rings. The van der Waals surface area contributed by atoms with Crippen LogP contribution in [0.5, 0.6) is 0 Å². The molecular weight excluding hydrogens is 144 g/mol. The summed E-state index contributed by atoms with van der Waals surface area (Å²) in [4.78, 5) is 10.9. The molecular formula is C7H16N2O2. The van der Waals surface area contributed by atoms with Gasteiger partial charge < -0.3 is 16.2 Å². The summed E-state index contributed by atoms with van der Waals surface area (Å²) in [6.07, 6.45) is 0.782. The van der Waals surface area contributed by atoms with E-state index >= 15 is 0 Å². The quantitative estimate of drug-likeness (QED) is 0.455. The minimum absolute atomic E-state index is 0.103. The number of nitrogens with one attached hydrogen (secondary N) is 1. The smallest absolute Gasteiger partial charge is 0.225 e. The Hall–Kier alpha value is -0.610. The summed E-state index contributed by atoms with van der Waals surface area (Å²) in [6, 6.07) is 0. The van der Waals surface area contributed by atoms with E-state index in [9.17, 15) is 4.79 Å². The number of nitrogens with two attached hydrogens (primary N) is 1. The molecule has 1 atom stereocenters. The maximum Gasteiger partial charge on any atom is 0.225 e. The zero-order valence-corrected chi connectivity index (χ0v) is 6.84. The summed E-state index contributed by atoms with van der Waals surface area (Å²) in [5.74, 6) is -0.422. The van der Waals surface area contributed by atoms with E-state index in [1.807, 2.05) is 0 Å². The minimum Gasteiger partial charge on any atom is -0.396 e. The number of hydrogen-bond donors (Lipinski definition) is 3. The molecule has 0 spiro atoms. The van der Waals surface area contributed by atoms with Crippen molar-refractivity contribution in [2.24, 2.45) is 11.7 Å². The van der Waals surface area contributed by atoms with Crippen LogP contribution in [0.25, 0.3) is 0 Å². The fraction of sp³-hybridized carbons (Fsp3) is 0.857. The molecule has 0 aromatic heterocycles. The number of aliphatic hydroxyl groups is 1. The third-order valence-electron chi connectivity index (χ3n) is 1.40. The Bertz CT molecular complexity index is 117. The molecule has 0 aliphatic rings. The van der Waals surface area contributed by atoms with Gasteiger partial charge in [-0.1, -0.05) is 6.92 Å². The lowest BCUT2D eigenvalue weighted by Crippen LogP contribution is -2.32. The Kier molecular flexibility index (Phi) is 5.78. The molecule has 4 N–H and O–H groups in total. The van der Waals surface area contributed by atoms with Crippen molar-refractivity contribution in [1.29, 1.82) is 0 Å². The molecule has 1 unspecified atom stereocenters. The number of amides is 1. The Morgan fingerprint density at radius 1 is 1.73 bits per heavy atom. The fourth-order valence-electron chi connectivity index (χ4n) is 0.571. The first-order valence-electron chi connectivity index (χ1n) is 3.81. The second-order valence-electron chi connectivity index (χ2n) is 2.52. The standard InChI is InChI=1S/C7H16N2O2/c1-6(5-10)7(11)9-4-2-3-8/h6,10H,2-5,8H2,1H3,(H,9,11). The molecule has 0 fully saturated rings. The Morgan fingerprint density at radius 2 is 2.36 bits per heavy atom. The normalized spacial score (nSPS) is 12.6. The summed E-state index contributed by atoms with van der Waals surface area (Å²) in [5, 5.41) is 11.2. The second-order valence-corrected chi connectivity index (χ2v) is 2.52. The Labute approximate surface area is 66.8 Å². The molecule has 11 heavy (non-hydrogen) atoms. The van der Waals surface area contributed by atoms with Gasteiger partial charge in [0, 0.05) is 6.54 Å². The van der Waals surface area contributed by atoms with Gasteiger partial charge in [0.05, 0.1) is 12.5 Å². The summed E-state index contributed by atoms with van der Waals surface area (Å²) in [7, 11) is 0. The van der Waals surface area contributed by atoms with E-state index in [1.54, 1.807) is 6.92 Å². The zero-order chi connectivity index (χ0) is 8.69. The van der Waals surface area contributed by atoms with Gasteiger partial charge >= 0.3 is 0 Å². The molecule has 0 aliphatic carbocycles. The van der Waals surface area contributed by atoms with Crippen LogP contribution in [0.4, 0.5) is 0 Å². The van der Waals surface area contributed by atoms with Crippen LogP contribution in [0.15, 0.2) is 0 Å². The van der Waals surface area contributed by atoms with Gasteiger partial charge in [0.1, 0.15) is 0 Å². The van der Waals surface area contributed by atoms with Crippen LogP contribution in [0.2, 0.25) is 0 Å². The first-order chi connectivity index (χ1) is 5.22. The van der Waals surface area contributed by atoms with Gasteiger partial charge in [-0.05, 0) is 13.0 Å². The molecule has 4 heteroatoms. The molecule has 66 valence electrons. The first kappa shape index (κ1) is 10.4. The van der Waals surface area contributed by atoms with E-state index in [0.717, 1.165) is 6.42 Å². The van der Waals surface area contributed by atoms with E-state index in [2.05, 4.69) is 5.32 Å². The fourth-order valence-corrected chi connectivity index (χ4v) is 0.571. The van der Waals surface area contributed by atoms with E-state index in [1.165, 1.54) is 0 Å². The number of carbonyl (C=O) groups excluding carboxylic acids is 1. The lowest BCUT2D eigenvalue weighted by atomic mass is 10.2. The van der Waals surface area contributed by atoms with Crippen LogP contribution in [-0.4, -0.2) is 30.7 Å². The van der Waals surface area contributed by atoms with Gasteiger partial charge in [0.15, 0.2) is 0 Å². The van der Waals surface area contributed by atoms with Crippen molar-refractivity contribution < 1.29 is 9.90 Å². The van der Waals surface area contributed by atoms with Gasteiger partial charge in [-0.15, -0.1) is 0 Å². The average molecular weight is 160 g/mol. The molecule has 0 saturated heterocycles. The molecule has 0 aromatic carbocycles. The van der Waals surface area contributed by atoms with Crippen molar-refractivity contribution in [2.45, 2.75) is 13.3 Å². The molecule has 0 heterocycles. The maximum atomic E-state index is 10.9. The van der Waals surface area contributed by atoms with Crippen molar-refractivity contribution in [3.05, 3.63) is 0 Å². The summed E-state index contributed by atoms with van der Waals surface area (Å²) >= 11 is 0. The first-order valence-corrected chi connectivity index (χ1v) is 3.81. The van der Waals surface area contributed by atoms with Gasteiger partial charge in [0.25, 0.3) is 0 Å². The predicted octanol–water partition coefficient (Wildman–Crippen LogP) is -0.920. The zero-order valence-electron chi connectivity index (χ0n) is 6.84. The Balaban J connectivity index is 3.36. The van der Waals surface area contributed by atoms with Crippen molar-refractivity contribution in [1.82, 2.24) is 5.32 Å². The number of rotatable bonds is 5. The van der Waals surface area contributed by atoms with Crippen molar-refractivity contribution in [3.8, 4) is 0 Å². The highest BCUT2D eigenvalue weighted by Crippen LogP contribution is 1.90.